The number of nitrogens with zero attached hydrogens (tertiary/aromatic N) is 3. The van der Waals surface area contributed by atoms with Gasteiger partial charge in [0.1, 0.15) is 0 Å². The molecule has 1 aromatic carbocycles. The van der Waals surface area contributed by atoms with Crippen molar-refractivity contribution in [1.82, 2.24) is 14.5 Å². The van der Waals surface area contributed by atoms with Gasteiger partial charge in [-0.05, 0) is 43.4 Å². The van der Waals surface area contributed by atoms with Gasteiger partial charge in [-0.2, -0.15) is 0 Å². The molecule has 4 nitrogen and oxygen atoms in total. The molecule has 23 heavy (non-hydrogen) atoms. The predicted octanol–water partition coefficient (Wildman–Crippen LogP) is 2.93. The summed E-state index contributed by atoms with van der Waals surface area (Å²) in [6, 6.07) is 6.96. The Balaban J connectivity index is 1.44. The van der Waals surface area contributed by atoms with Crippen molar-refractivity contribution in [1.29, 1.82) is 0 Å². The summed E-state index contributed by atoms with van der Waals surface area (Å²) in [5, 5.41) is 10.6. The summed E-state index contributed by atoms with van der Waals surface area (Å²) in [6.45, 7) is 6.75. The quantitative estimate of drug-likeness (QED) is 0.944. The van der Waals surface area contributed by atoms with E-state index in [9.17, 15) is 5.11 Å². The SMILES string of the molecule is Cc1ccc([C@@H](O)CN2CCc3c(ncn3C3CC3)C2)cc1C. The Morgan fingerprint density at radius 1 is 1.26 bits per heavy atom. The van der Waals surface area contributed by atoms with Crippen LogP contribution in [0.2, 0.25) is 0 Å². The second kappa shape index (κ2) is 5.77. The lowest BCUT2D eigenvalue weighted by molar-refractivity contribution is 0.104. The maximum Gasteiger partial charge on any atom is 0.0954 e. The molecule has 4 rings (SSSR count). The van der Waals surface area contributed by atoms with Gasteiger partial charge in [-0.3, -0.25) is 4.90 Å². The third-order valence-electron chi connectivity index (χ3n) is 5.31. The number of aliphatic hydroxyl groups excluding tert-OH is 1. The van der Waals surface area contributed by atoms with Crippen LogP contribution in [-0.2, 0) is 13.0 Å². The van der Waals surface area contributed by atoms with Gasteiger partial charge in [0.2, 0.25) is 0 Å². The van der Waals surface area contributed by atoms with Crippen molar-refractivity contribution < 1.29 is 5.11 Å². The summed E-state index contributed by atoms with van der Waals surface area (Å²) < 4.78 is 2.38. The molecule has 0 amide bonds. The molecule has 1 saturated carbocycles. The van der Waals surface area contributed by atoms with Crippen LogP contribution in [0.15, 0.2) is 24.5 Å². The van der Waals surface area contributed by atoms with Gasteiger partial charge < -0.3 is 9.67 Å². The van der Waals surface area contributed by atoms with Crippen LogP contribution in [0, 0.1) is 13.8 Å². The van der Waals surface area contributed by atoms with Crippen molar-refractivity contribution in [3.63, 3.8) is 0 Å². The molecule has 122 valence electrons. The molecule has 0 bridgehead atoms. The van der Waals surface area contributed by atoms with E-state index in [-0.39, 0.29) is 0 Å². The summed E-state index contributed by atoms with van der Waals surface area (Å²) in [6.07, 6.45) is 5.24. The molecule has 1 fully saturated rings. The van der Waals surface area contributed by atoms with E-state index in [2.05, 4.69) is 40.4 Å². The molecule has 1 aromatic heterocycles. The number of β-amino-alcohol motifs (C(OH)–C–C–N with tert-alkyl or cyclic N) is 1. The van der Waals surface area contributed by atoms with Crippen LogP contribution in [0.25, 0.3) is 0 Å². The van der Waals surface area contributed by atoms with Crippen molar-refractivity contribution in [2.45, 2.75) is 51.8 Å². The molecule has 4 heteroatoms. The van der Waals surface area contributed by atoms with Gasteiger partial charge in [-0.1, -0.05) is 18.2 Å². The van der Waals surface area contributed by atoms with Gasteiger partial charge in [-0.15, -0.1) is 0 Å². The van der Waals surface area contributed by atoms with E-state index in [1.54, 1.807) is 0 Å². The van der Waals surface area contributed by atoms with Crippen molar-refractivity contribution in [2.24, 2.45) is 0 Å². The Kier molecular flexibility index (Phi) is 3.74. The molecule has 1 atom stereocenters. The van der Waals surface area contributed by atoms with E-state index in [0.29, 0.717) is 12.6 Å². The molecule has 0 spiro atoms. The van der Waals surface area contributed by atoms with Crippen LogP contribution in [0.3, 0.4) is 0 Å². The van der Waals surface area contributed by atoms with Crippen LogP contribution in [-0.4, -0.2) is 32.6 Å². The number of rotatable bonds is 4. The first-order chi connectivity index (χ1) is 11.1. The number of hydrogen-bond acceptors (Lipinski definition) is 3. The number of imidazole rings is 1. The number of benzene rings is 1. The maximum absolute atomic E-state index is 10.6. The summed E-state index contributed by atoms with van der Waals surface area (Å²) in [5.41, 5.74) is 6.15. The number of aromatic nitrogens is 2. The minimum Gasteiger partial charge on any atom is -0.387 e. The van der Waals surface area contributed by atoms with Gasteiger partial charge in [0.05, 0.1) is 18.1 Å². The smallest absolute Gasteiger partial charge is 0.0954 e. The van der Waals surface area contributed by atoms with Crippen molar-refractivity contribution >= 4 is 0 Å². The lowest BCUT2D eigenvalue weighted by atomic mass is 10.0. The summed E-state index contributed by atoms with van der Waals surface area (Å²) >= 11 is 0. The van der Waals surface area contributed by atoms with Crippen LogP contribution >= 0.6 is 0 Å². The second-order valence-electron chi connectivity index (χ2n) is 7.12. The van der Waals surface area contributed by atoms with Crippen molar-refractivity contribution in [3.05, 3.63) is 52.6 Å². The van der Waals surface area contributed by atoms with Gasteiger partial charge in [0.15, 0.2) is 0 Å². The highest BCUT2D eigenvalue weighted by molar-refractivity contribution is 5.31. The van der Waals surface area contributed by atoms with Gasteiger partial charge in [-0.25, -0.2) is 4.98 Å². The van der Waals surface area contributed by atoms with Gasteiger partial charge in [0, 0.05) is 37.8 Å². The Labute approximate surface area is 137 Å². The first kappa shape index (κ1) is 14.9. The average molecular weight is 311 g/mol. The Bertz CT molecular complexity index is 717. The highest BCUT2D eigenvalue weighted by Gasteiger charge is 2.30. The standard InChI is InChI=1S/C19H25N3O/c1-13-3-4-15(9-14(13)2)19(23)11-21-8-7-18-17(10-21)20-12-22(18)16-5-6-16/h3-4,9,12,16,19,23H,5-8,10-11H2,1-2H3/t19-/m0/s1. The number of aryl methyl sites for hydroxylation is 2. The molecule has 0 radical (unpaired) electrons. The first-order valence-corrected chi connectivity index (χ1v) is 8.64. The van der Waals surface area contributed by atoms with E-state index >= 15 is 0 Å². The Morgan fingerprint density at radius 2 is 2.09 bits per heavy atom. The van der Waals surface area contributed by atoms with E-state index in [0.717, 1.165) is 25.1 Å². The normalized spacial score (nSPS) is 19.6. The predicted molar refractivity (Wildman–Crippen MR) is 90.4 cm³/mol. The van der Waals surface area contributed by atoms with E-state index in [4.69, 9.17) is 0 Å². The largest absolute Gasteiger partial charge is 0.387 e. The zero-order chi connectivity index (χ0) is 16.0. The summed E-state index contributed by atoms with van der Waals surface area (Å²) in [7, 11) is 0. The number of hydrogen-bond donors (Lipinski definition) is 1. The molecular formula is C19H25N3O. The third kappa shape index (κ3) is 2.93. The maximum atomic E-state index is 10.6. The molecule has 2 aliphatic rings. The summed E-state index contributed by atoms with van der Waals surface area (Å²) in [4.78, 5) is 6.94. The highest BCUT2D eigenvalue weighted by Crippen LogP contribution is 2.37. The minimum absolute atomic E-state index is 0.429. The molecule has 0 unspecified atom stereocenters. The molecule has 2 heterocycles. The molecule has 2 aromatic rings. The fraction of sp³-hybridized carbons (Fsp3) is 0.526. The fourth-order valence-corrected chi connectivity index (χ4v) is 3.53. The number of fused-ring (bicyclic) bond motifs is 1. The van der Waals surface area contributed by atoms with Crippen LogP contribution in [0.5, 0.6) is 0 Å². The Hall–Kier alpha value is -1.65. The minimum atomic E-state index is -0.429. The van der Waals surface area contributed by atoms with Crippen molar-refractivity contribution in [2.75, 3.05) is 13.1 Å². The monoisotopic (exact) mass is 311 g/mol. The number of aliphatic hydroxyl groups is 1. The van der Waals surface area contributed by atoms with Gasteiger partial charge in [0.25, 0.3) is 0 Å². The molecule has 0 saturated heterocycles. The van der Waals surface area contributed by atoms with E-state index in [1.165, 1.54) is 35.4 Å². The zero-order valence-corrected chi connectivity index (χ0v) is 14.0. The highest BCUT2D eigenvalue weighted by atomic mass is 16.3. The fourth-order valence-electron chi connectivity index (χ4n) is 3.53. The molecule has 1 aliphatic carbocycles. The van der Waals surface area contributed by atoms with Crippen molar-refractivity contribution in [3.8, 4) is 0 Å². The second-order valence-corrected chi connectivity index (χ2v) is 7.12. The molecule has 1 N–H and O–H groups in total. The molecule has 1 aliphatic heterocycles. The lowest BCUT2D eigenvalue weighted by Gasteiger charge is -2.29. The van der Waals surface area contributed by atoms with Crippen LogP contribution in [0.4, 0.5) is 0 Å². The lowest BCUT2D eigenvalue weighted by Crippen LogP contribution is -2.34. The third-order valence-corrected chi connectivity index (χ3v) is 5.31. The average Bonchev–Trinajstić information content (AvgIpc) is 3.30. The van der Waals surface area contributed by atoms with Crippen LogP contribution in [0.1, 0.15) is 53.1 Å². The molecular weight excluding hydrogens is 286 g/mol. The summed E-state index contributed by atoms with van der Waals surface area (Å²) in [5.74, 6) is 0. The first-order valence-electron chi connectivity index (χ1n) is 8.64. The van der Waals surface area contributed by atoms with Crippen LogP contribution < -0.4 is 0 Å². The Morgan fingerprint density at radius 3 is 2.83 bits per heavy atom. The van der Waals surface area contributed by atoms with E-state index in [1.807, 2.05) is 12.4 Å². The topological polar surface area (TPSA) is 41.3 Å². The van der Waals surface area contributed by atoms with Gasteiger partial charge >= 0.3 is 0 Å². The zero-order valence-electron chi connectivity index (χ0n) is 14.0. The van der Waals surface area contributed by atoms with E-state index < -0.39 is 6.10 Å².